The molecule has 1 heterocycles. The van der Waals surface area contributed by atoms with Crippen LogP contribution in [0.1, 0.15) is 37.4 Å². The van der Waals surface area contributed by atoms with Crippen molar-refractivity contribution in [2.45, 2.75) is 26.3 Å². The quantitative estimate of drug-likeness (QED) is 0.626. The first kappa shape index (κ1) is 23.6. The maximum absolute atomic E-state index is 13.3. The summed E-state index contributed by atoms with van der Waals surface area (Å²) in [5.41, 5.74) is 2.23. The van der Waals surface area contributed by atoms with Crippen LogP contribution in [-0.2, 0) is 9.59 Å². The number of halogens is 1. The van der Waals surface area contributed by atoms with Gasteiger partial charge in [-0.3, -0.25) is 9.59 Å². The molecule has 0 aromatic heterocycles. The number of rotatable bonds is 7. The molecule has 2 amide bonds. The maximum Gasteiger partial charge on any atom is 0.262 e. The van der Waals surface area contributed by atoms with Crippen LogP contribution < -0.4 is 9.47 Å². The van der Waals surface area contributed by atoms with Gasteiger partial charge in [-0.15, -0.1) is 0 Å². The minimum atomic E-state index is -0.429. The van der Waals surface area contributed by atoms with E-state index in [2.05, 4.69) is 5.10 Å². The summed E-state index contributed by atoms with van der Waals surface area (Å²) in [7, 11) is 4.79. The number of carbonyl (C=O) groups is 2. The molecule has 1 atom stereocenters. The van der Waals surface area contributed by atoms with Crippen LogP contribution in [0.2, 0.25) is 5.02 Å². The highest BCUT2D eigenvalue weighted by atomic mass is 35.5. The third kappa shape index (κ3) is 4.88. The number of likely N-dealkylation sites (N-methyl/N-ethyl adjacent to an activating group) is 1. The van der Waals surface area contributed by atoms with Crippen molar-refractivity contribution in [3.8, 4) is 11.5 Å². The van der Waals surface area contributed by atoms with Crippen molar-refractivity contribution in [2.24, 2.45) is 11.0 Å². The van der Waals surface area contributed by atoms with Crippen LogP contribution in [0.3, 0.4) is 0 Å². The molecule has 0 aliphatic carbocycles. The molecule has 170 valence electrons. The van der Waals surface area contributed by atoms with Crippen LogP contribution in [0.25, 0.3) is 0 Å². The van der Waals surface area contributed by atoms with E-state index in [0.717, 1.165) is 11.1 Å². The monoisotopic (exact) mass is 457 g/mol. The summed E-state index contributed by atoms with van der Waals surface area (Å²) in [6.07, 6.45) is 0.445. The number of carbonyl (C=O) groups excluding carboxylic acids is 2. The van der Waals surface area contributed by atoms with Gasteiger partial charge in [0.2, 0.25) is 5.91 Å². The molecule has 0 N–H and O–H groups in total. The number of amides is 2. The topological polar surface area (TPSA) is 71.4 Å². The van der Waals surface area contributed by atoms with E-state index in [1.54, 1.807) is 53.3 Å². The molecule has 8 heteroatoms. The van der Waals surface area contributed by atoms with Crippen LogP contribution >= 0.6 is 11.6 Å². The van der Waals surface area contributed by atoms with Crippen molar-refractivity contribution in [1.82, 2.24) is 9.91 Å². The second-order valence-corrected chi connectivity index (χ2v) is 8.35. The fourth-order valence-electron chi connectivity index (χ4n) is 3.73. The Morgan fingerprint density at radius 1 is 1.19 bits per heavy atom. The van der Waals surface area contributed by atoms with Crippen LogP contribution in [-0.4, -0.2) is 55.2 Å². The first-order chi connectivity index (χ1) is 15.3. The lowest BCUT2D eigenvalue weighted by Gasteiger charge is -2.26. The molecule has 0 unspecified atom stereocenters. The van der Waals surface area contributed by atoms with Crippen molar-refractivity contribution >= 4 is 29.1 Å². The third-order valence-electron chi connectivity index (χ3n) is 5.39. The normalized spacial score (nSPS) is 15.5. The van der Waals surface area contributed by atoms with Gasteiger partial charge < -0.3 is 14.4 Å². The maximum atomic E-state index is 13.3. The van der Waals surface area contributed by atoms with Crippen LogP contribution in [0.15, 0.2) is 47.6 Å². The van der Waals surface area contributed by atoms with Crippen molar-refractivity contribution in [2.75, 3.05) is 27.8 Å². The van der Waals surface area contributed by atoms with Crippen LogP contribution in [0.4, 0.5) is 0 Å². The van der Waals surface area contributed by atoms with Crippen molar-refractivity contribution in [3.63, 3.8) is 0 Å². The average Bonchev–Trinajstić information content (AvgIpc) is 3.23. The van der Waals surface area contributed by atoms with Gasteiger partial charge in [0.05, 0.1) is 26.0 Å². The van der Waals surface area contributed by atoms with E-state index in [4.69, 9.17) is 21.1 Å². The van der Waals surface area contributed by atoms with Gasteiger partial charge in [0.25, 0.3) is 5.91 Å². The molecule has 0 radical (unpaired) electrons. The molecule has 0 saturated heterocycles. The summed E-state index contributed by atoms with van der Waals surface area (Å²) in [6, 6.07) is 12.4. The van der Waals surface area contributed by atoms with Gasteiger partial charge in [0.15, 0.2) is 0 Å². The van der Waals surface area contributed by atoms with Crippen molar-refractivity contribution < 1.29 is 19.1 Å². The molecule has 1 aliphatic rings. The Morgan fingerprint density at radius 2 is 1.91 bits per heavy atom. The predicted molar refractivity (Wildman–Crippen MR) is 124 cm³/mol. The Kier molecular flexibility index (Phi) is 7.40. The zero-order chi connectivity index (χ0) is 23.4. The van der Waals surface area contributed by atoms with Gasteiger partial charge in [0, 0.05) is 35.5 Å². The minimum absolute atomic E-state index is 0.0842. The van der Waals surface area contributed by atoms with Gasteiger partial charge in [-0.2, -0.15) is 5.10 Å². The van der Waals surface area contributed by atoms with E-state index in [9.17, 15) is 9.59 Å². The van der Waals surface area contributed by atoms with E-state index in [0.29, 0.717) is 28.7 Å². The molecular weight excluding hydrogens is 430 g/mol. The number of hydrogen-bond donors (Lipinski definition) is 0. The molecule has 0 bridgehead atoms. The number of hydrazone groups is 1. The van der Waals surface area contributed by atoms with E-state index in [1.807, 2.05) is 24.3 Å². The lowest BCUT2D eigenvalue weighted by atomic mass is 9.97. The molecule has 0 spiro atoms. The van der Waals surface area contributed by atoms with Gasteiger partial charge in [0.1, 0.15) is 18.0 Å². The zero-order valence-electron chi connectivity index (χ0n) is 19.0. The predicted octanol–water partition coefficient (Wildman–Crippen LogP) is 4.15. The largest absolute Gasteiger partial charge is 0.497 e. The first-order valence-corrected chi connectivity index (χ1v) is 10.8. The van der Waals surface area contributed by atoms with E-state index in [-0.39, 0.29) is 24.3 Å². The second kappa shape index (κ2) is 10.0. The van der Waals surface area contributed by atoms with Gasteiger partial charge in [-0.1, -0.05) is 43.6 Å². The van der Waals surface area contributed by atoms with Crippen LogP contribution in [0.5, 0.6) is 11.5 Å². The van der Waals surface area contributed by atoms with Gasteiger partial charge in [-0.05, 0) is 24.3 Å². The van der Waals surface area contributed by atoms with Gasteiger partial charge >= 0.3 is 0 Å². The fraction of sp³-hybridized carbons (Fsp3) is 0.375. The van der Waals surface area contributed by atoms with E-state index >= 15 is 0 Å². The highest BCUT2D eigenvalue weighted by molar-refractivity contribution is 6.34. The lowest BCUT2D eigenvalue weighted by molar-refractivity contribution is -0.142. The van der Waals surface area contributed by atoms with Crippen molar-refractivity contribution in [1.29, 1.82) is 0 Å². The number of ether oxygens (including phenoxy) is 2. The zero-order valence-corrected chi connectivity index (χ0v) is 19.7. The fourth-order valence-corrected chi connectivity index (χ4v) is 3.98. The molecular formula is C24H28ClN3O4. The number of benzene rings is 2. The average molecular weight is 458 g/mol. The molecule has 7 nitrogen and oxygen atoms in total. The Labute approximate surface area is 193 Å². The smallest absolute Gasteiger partial charge is 0.262 e. The molecule has 0 saturated carbocycles. The number of nitrogens with zero attached hydrogens (tertiary/aromatic N) is 3. The Morgan fingerprint density at radius 3 is 2.53 bits per heavy atom. The van der Waals surface area contributed by atoms with Crippen molar-refractivity contribution in [3.05, 3.63) is 58.6 Å². The first-order valence-electron chi connectivity index (χ1n) is 10.4. The Hall–Kier alpha value is -3.06. The molecule has 0 fully saturated rings. The summed E-state index contributed by atoms with van der Waals surface area (Å²) >= 11 is 6.41. The summed E-state index contributed by atoms with van der Waals surface area (Å²) in [5, 5.41) is 6.64. The van der Waals surface area contributed by atoms with Gasteiger partial charge in [-0.25, -0.2) is 5.01 Å². The lowest BCUT2D eigenvalue weighted by Crippen LogP contribution is -2.40. The summed E-state index contributed by atoms with van der Waals surface area (Å²) in [4.78, 5) is 27.1. The van der Waals surface area contributed by atoms with E-state index < -0.39 is 6.04 Å². The molecule has 2 aromatic rings. The standard InChI is InChI=1S/C24H28ClN3O4/c1-15(2)24(30)27(3)14-23(29)28-21(18-12-16(31-4)10-11-22(18)32-5)13-20(26-28)17-8-6-7-9-19(17)25/h6-12,15,21H,13-14H2,1-5H3/t21-/m0/s1. The highest BCUT2D eigenvalue weighted by Crippen LogP contribution is 2.40. The van der Waals surface area contributed by atoms with Crippen LogP contribution in [0, 0.1) is 5.92 Å². The molecule has 32 heavy (non-hydrogen) atoms. The number of hydrogen-bond acceptors (Lipinski definition) is 5. The summed E-state index contributed by atoms with van der Waals surface area (Å²) < 4.78 is 11.0. The molecule has 3 rings (SSSR count). The minimum Gasteiger partial charge on any atom is -0.497 e. The summed E-state index contributed by atoms with van der Waals surface area (Å²) in [5.74, 6) is 0.659. The third-order valence-corrected chi connectivity index (χ3v) is 5.72. The summed E-state index contributed by atoms with van der Waals surface area (Å²) in [6.45, 7) is 3.52. The highest BCUT2D eigenvalue weighted by Gasteiger charge is 2.36. The second-order valence-electron chi connectivity index (χ2n) is 7.94. The SMILES string of the molecule is COc1ccc(OC)c([C@@H]2CC(c3ccccc3Cl)=NN2C(=O)CN(C)C(=O)C(C)C)c1. The Balaban J connectivity index is 2.01. The van der Waals surface area contributed by atoms with E-state index in [1.165, 1.54) is 9.91 Å². The number of methoxy groups -OCH3 is 2. The molecule has 1 aliphatic heterocycles. The Bertz CT molecular complexity index is 1040. The molecule has 2 aromatic carbocycles.